The van der Waals surface area contributed by atoms with Crippen molar-refractivity contribution in [2.45, 2.75) is 13.8 Å². The molecule has 8 nitrogen and oxygen atoms in total. The second-order valence-electron chi connectivity index (χ2n) is 7.67. The van der Waals surface area contributed by atoms with E-state index in [1.807, 2.05) is 13.8 Å². The van der Waals surface area contributed by atoms with Crippen LogP contribution in [0.25, 0.3) is 16.4 Å². The van der Waals surface area contributed by atoms with E-state index in [9.17, 15) is 4.39 Å². The number of hydrogen-bond donors (Lipinski definition) is 1. The molecule has 3 aromatic heterocycles. The van der Waals surface area contributed by atoms with Gasteiger partial charge in [0.25, 0.3) is 0 Å². The Kier molecular flexibility index (Phi) is 5.21. The molecule has 162 valence electrons. The van der Waals surface area contributed by atoms with Gasteiger partial charge < -0.3 is 19.2 Å². The molecule has 1 aromatic carbocycles. The first-order chi connectivity index (χ1) is 15.1. The molecule has 1 saturated heterocycles. The fourth-order valence-corrected chi connectivity index (χ4v) is 3.91. The summed E-state index contributed by atoms with van der Waals surface area (Å²) in [4.78, 5) is 9.68. The van der Waals surface area contributed by atoms with Crippen molar-refractivity contribution >= 4 is 16.4 Å². The maximum Gasteiger partial charge on any atom is 0.247 e. The summed E-state index contributed by atoms with van der Waals surface area (Å²) < 4.78 is 33.9. The number of nitrogens with one attached hydrogen (secondary N) is 1. The van der Waals surface area contributed by atoms with Crippen molar-refractivity contribution in [2.24, 2.45) is 0 Å². The zero-order chi connectivity index (χ0) is 21.4. The van der Waals surface area contributed by atoms with Gasteiger partial charge >= 0.3 is 0 Å². The molecule has 0 unspecified atom stereocenters. The topological polar surface area (TPSA) is 76.9 Å². The van der Waals surface area contributed by atoms with Crippen molar-refractivity contribution in [1.29, 1.82) is 0 Å². The number of rotatable bonds is 6. The molecular weight excluding hydrogens is 401 g/mol. The first-order valence-corrected chi connectivity index (χ1v) is 10.3. The lowest BCUT2D eigenvalue weighted by atomic mass is 10.2. The highest BCUT2D eigenvalue weighted by Crippen LogP contribution is 2.34. The molecule has 9 heteroatoms. The Morgan fingerprint density at radius 2 is 2.03 bits per heavy atom. The zero-order valence-electron chi connectivity index (χ0n) is 17.5. The maximum atomic E-state index is 15.0. The van der Waals surface area contributed by atoms with E-state index in [4.69, 9.17) is 14.2 Å². The summed E-state index contributed by atoms with van der Waals surface area (Å²) in [5.41, 5.74) is 3.10. The van der Waals surface area contributed by atoms with Crippen LogP contribution >= 0.6 is 0 Å². The second-order valence-corrected chi connectivity index (χ2v) is 7.67. The Hall–Kier alpha value is -3.17. The number of H-pyrrole nitrogens is 1. The van der Waals surface area contributed by atoms with E-state index in [-0.39, 0.29) is 11.6 Å². The third kappa shape index (κ3) is 3.82. The molecule has 0 saturated carbocycles. The minimum absolute atomic E-state index is 0.113. The fourth-order valence-electron chi connectivity index (χ4n) is 3.91. The quantitative estimate of drug-likeness (QED) is 0.510. The SMILES string of the molecule is Cc1cc2c(F)c(Oc3ncnn4cc(OCCN5CCOCC5)c(C)c34)ccc2[nH]1. The molecule has 0 spiro atoms. The summed E-state index contributed by atoms with van der Waals surface area (Å²) in [6.07, 6.45) is 3.18. The van der Waals surface area contributed by atoms with E-state index in [1.54, 1.807) is 28.9 Å². The second kappa shape index (κ2) is 8.16. The number of aromatic nitrogens is 4. The van der Waals surface area contributed by atoms with Gasteiger partial charge in [-0.25, -0.2) is 8.91 Å². The summed E-state index contributed by atoms with van der Waals surface area (Å²) in [7, 11) is 0. The molecular formula is C22H24FN5O3. The molecule has 5 rings (SSSR count). The molecule has 31 heavy (non-hydrogen) atoms. The number of morpholine rings is 1. The Balaban J connectivity index is 1.39. The number of aryl methyl sites for hydroxylation is 2. The lowest BCUT2D eigenvalue weighted by Crippen LogP contribution is -2.38. The predicted octanol–water partition coefficient (Wildman–Crippen LogP) is 3.47. The van der Waals surface area contributed by atoms with Gasteiger partial charge in [0.1, 0.15) is 24.2 Å². The number of hydrogen-bond acceptors (Lipinski definition) is 6. The number of nitrogens with zero attached hydrogens (tertiary/aromatic N) is 4. The first kappa shape index (κ1) is 19.8. The summed E-state index contributed by atoms with van der Waals surface area (Å²) in [6, 6.07) is 5.16. The Morgan fingerprint density at radius 3 is 2.87 bits per heavy atom. The molecule has 1 fully saturated rings. The highest BCUT2D eigenvalue weighted by atomic mass is 19.1. The Morgan fingerprint density at radius 1 is 1.19 bits per heavy atom. The van der Waals surface area contributed by atoms with Crippen LogP contribution in [-0.2, 0) is 4.74 Å². The minimum atomic E-state index is -0.426. The maximum absolute atomic E-state index is 15.0. The van der Waals surface area contributed by atoms with Crippen LogP contribution in [0, 0.1) is 19.7 Å². The van der Waals surface area contributed by atoms with Crippen molar-refractivity contribution in [2.75, 3.05) is 39.5 Å². The summed E-state index contributed by atoms with van der Waals surface area (Å²) in [6.45, 7) is 8.54. The molecule has 0 amide bonds. The number of fused-ring (bicyclic) bond motifs is 2. The first-order valence-electron chi connectivity index (χ1n) is 10.3. The van der Waals surface area contributed by atoms with Crippen molar-refractivity contribution in [3.63, 3.8) is 0 Å². The monoisotopic (exact) mass is 425 g/mol. The zero-order valence-corrected chi connectivity index (χ0v) is 17.5. The number of ether oxygens (including phenoxy) is 3. The Labute approximate surface area is 178 Å². The molecule has 4 heterocycles. The normalized spacial score (nSPS) is 15.1. The lowest BCUT2D eigenvalue weighted by molar-refractivity contribution is 0.0322. The van der Waals surface area contributed by atoms with Gasteiger partial charge in [0.05, 0.1) is 19.4 Å². The van der Waals surface area contributed by atoms with Crippen LogP contribution in [0.15, 0.2) is 30.7 Å². The van der Waals surface area contributed by atoms with Gasteiger partial charge in [0, 0.05) is 41.8 Å². The van der Waals surface area contributed by atoms with Gasteiger partial charge in [0.15, 0.2) is 11.6 Å². The van der Waals surface area contributed by atoms with Crippen molar-refractivity contribution < 1.29 is 18.6 Å². The van der Waals surface area contributed by atoms with Crippen LogP contribution in [0.1, 0.15) is 11.3 Å². The van der Waals surface area contributed by atoms with Crippen molar-refractivity contribution in [3.05, 3.63) is 47.8 Å². The Bertz CT molecular complexity index is 1230. The predicted molar refractivity (Wildman–Crippen MR) is 114 cm³/mol. The fraction of sp³-hybridized carbons (Fsp3) is 0.364. The van der Waals surface area contributed by atoms with Crippen LogP contribution in [0.3, 0.4) is 0 Å². The number of halogens is 1. The molecule has 1 aliphatic heterocycles. The van der Waals surface area contributed by atoms with Crippen LogP contribution in [-0.4, -0.2) is 63.9 Å². The molecule has 0 bridgehead atoms. The molecule has 1 aliphatic rings. The van der Waals surface area contributed by atoms with E-state index in [0.717, 1.165) is 49.6 Å². The standard InChI is InChI=1S/C22H24FN5O3/c1-14-11-16-17(26-14)3-4-18(20(16)23)31-22-21-15(2)19(12-28(21)25-13-24-22)30-10-7-27-5-8-29-9-6-27/h3-4,11-13,26H,5-10H2,1-2H3. The number of aromatic amines is 1. The summed E-state index contributed by atoms with van der Waals surface area (Å²) in [5, 5.41) is 4.74. The van der Waals surface area contributed by atoms with Gasteiger partial charge in [-0.05, 0) is 32.0 Å². The van der Waals surface area contributed by atoms with E-state index < -0.39 is 5.82 Å². The van der Waals surface area contributed by atoms with Crippen molar-refractivity contribution in [3.8, 4) is 17.4 Å². The van der Waals surface area contributed by atoms with Gasteiger partial charge in [0.2, 0.25) is 5.88 Å². The van der Waals surface area contributed by atoms with Gasteiger partial charge in [-0.2, -0.15) is 10.1 Å². The largest absolute Gasteiger partial charge is 0.490 e. The smallest absolute Gasteiger partial charge is 0.247 e. The van der Waals surface area contributed by atoms with Crippen LogP contribution in [0.5, 0.6) is 17.4 Å². The van der Waals surface area contributed by atoms with Crippen LogP contribution < -0.4 is 9.47 Å². The highest BCUT2D eigenvalue weighted by Gasteiger charge is 2.18. The van der Waals surface area contributed by atoms with E-state index in [1.165, 1.54) is 6.33 Å². The average molecular weight is 425 g/mol. The average Bonchev–Trinajstić information content (AvgIpc) is 3.31. The molecule has 0 atom stereocenters. The van der Waals surface area contributed by atoms with E-state index >= 15 is 0 Å². The number of benzene rings is 1. The van der Waals surface area contributed by atoms with Crippen LogP contribution in [0.4, 0.5) is 4.39 Å². The van der Waals surface area contributed by atoms with Gasteiger partial charge in [-0.1, -0.05) is 0 Å². The summed E-state index contributed by atoms with van der Waals surface area (Å²) >= 11 is 0. The molecule has 0 radical (unpaired) electrons. The van der Waals surface area contributed by atoms with E-state index in [2.05, 4.69) is 20.0 Å². The molecule has 4 aromatic rings. The minimum Gasteiger partial charge on any atom is -0.490 e. The summed E-state index contributed by atoms with van der Waals surface area (Å²) in [5.74, 6) is 0.670. The van der Waals surface area contributed by atoms with Crippen LogP contribution in [0.2, 0.25) is 0 Å². The third-order valence-corrected chi connectivity index (χ3v) is 5.56. The highest BCUT2D eigenvalue weighted by molar-refractivity contribution is 5.83. The molecule has 1 N–H and O–H groups in total. The third-order valence-electron chi connectivity index (χ3n) is 5.56. The lowest BCUT2D eigenvalue weighted by Gasteiger charge is -2.26. The van der Waals surface area contributed by atoms with Crippen molar-refractivity contribution in [1.82, 2.24) is 24.5 Å². The molecule has 0 aliphatic carbocycles. The van der Waals surface area contributed by atoms with Gasteiger partial charge in [-0.3, -0.25) is 4.90 Å². The van der Waals surface area contributed by atoms with Gasteiger partial charge in [-0.15, -0.1) is 0 Å². The van der Waals surface area contributed by atoms with E-state index in [0.29, 0.717) is 23.3 Å².